The third-order valence-corrected chi connectivity index (χ3v) is 2.39. The monoisotopic (exact) mass is 295 g/mol. The predicted octanol–water partition coefficient (Wildman–Crippen LogP) is 2.67. The maximum absolute atomic E-state index is 13.0. The molecule has 1 aromatic carbocycles. The minimum atomic E-state index is -4.31. The Kier molecular flexibility index (Phi) is 6.74. The Hall–Kier alpha value is -1.34. The largest absolute Gasteiger partial charge is 0.493 e. The Morgan fingerprint density at radius 1 is 1.15 bits per heavy atom. The molecule has 0 saturated carbocycles. The number of benzene rings is 1. The van der Waals surface area contributed by atoms with Crippen molar-refractivity contribution in [3.05, 3.63) is 29.6 Å². The van der Waals surface area contributed by atoms with Gasteiger partial charge in [-0.1, -0.05) is 0 Å². The van der Waals surface area contributed by atoms with E-state index in [1.165, 1.54) is 18.2 Å². The van der Waals surface area contributed by atoms with Crippen molar-refractivity contribution in [2.45, 2.75) is 19.0 Å². The van der Waals surface area contributed by atoms with E-state index in [2.05, 4.69) is 4.74 Å². The summed E-state index contributed by atoms with van der Waals surface area (Å²) >= 11 is 0. The van der Waals surface area contributed by atoms with Gasteiger partial charge in [-0.25, -0.2) is 4.39 Å². The van der Waals surface area contributed by atoms with Gasteiger partial charge in [0, 0.05) is 6.42 Å². The van der Waals surface area contributed by atoms with Gasteiger partial charge in [0.2, 0.25) is 0 Å². The highest BCUT2D eigenvalue weighted by Crippen LogP contribution is 2.20. The van der Waals surface area contributed by atoms with E-state index in [4.69, 9.17) is 10.5 Å². The molecule has 0 atom stereocenters. The summed E-state index contributed by atoms with van der Waals surface area (Å²) < 4.78 is 58.3. The van der Waals surface area contributed by atoms with Crippen LogP contribution in [0.4, 0.5) is 17.6 Å². The average Bonchev–Trinajstić information content (AvgIpc) is 2.35. The summed E-state index contributed by atoms with van der Waals surface area (Å²) in [6.45, 7) is -0.759. The lowest BCUT2D eigenvalue weighted by Gasteiger charge is -2.12. The molecule has 0 bridgehead atoms. The number of alkyl halides is 3. The van der Waals surface area contributed by atoms with Crippen LogP contribution in [-0.4, -0.2) is 32.5 Å². The summed E-state index contributed by atoms with van der Waals surface area (Å²) in [5.74, 6) is 0.113. The maximum atomic E-state index is 13.0. The molecule has 20 heavy (non-hydrogen) atoms. The Bertz CT molecular complexity index is 410. The molecular formula is C13H17F4NO2. The van der Waals surface area contributed by atoms with Gasteiger partial charge in [-0.15, -0.1) is 0 Å². The van der Waals surface area contributed by atoms with Crippen LogP contribution >= 0.6 is 0 Å². The first kappa shape index (κ1) is 16.7. The second kappa shape index (κ2) is 8.06. The highest BCUT2D eigenvalue weighted by atomic mass is 19.4. The molecule has 3 nitrogen and oxygen atoms in total. The quantitative estimate of drug-likeness (QED) is 0.592. The third kappa shape index (κ3) is 6.72. The van der Waals surface area contributed by atoms with Gasteiger partial charge >= 0.3 is 6.18 Å². The van der Waals surface area contributed by atoms with E-state index in [0.717, 1.165) is 0 Å². The number of nitrogens with two attached hydrogens (primary N) is 1. The second-order valence-electron chi connectivity index (χ2n) is 4.16. The number of ether oxygens (including phenoxy) is 2. The molecule has 1 rings (SSSR count). The zero-order chi connectivity index (χ0) is 15.0. The van der Waals surface area contributed by atoms with Crippen molar-refractivity contribution in [1.29, 1.82) is 0 Å². The molecule has 0 unspecified atom stereocenters. The van der Waals surface area contributed by atoms with Crippen LogP contribution in [0.15, 0.2) is 18.2 Å². The fraction of sp³-hybridized carbons (Fsp3) is 0.538. The van der Waals surface area contributed by atoms with Gasteiger partial charge in [0.05, 0.1) is 13.2 Å². The van der Waals surface area contributed by atoms with Gasteiger partial charge in [0.25, 0.3) is 0 Å². The molecular weight excluding hydrogens is 278 g/mol. The molecule has 0 aliphatic carbocycles. The minimum Gasteiger partial charge on any atom is -0.493 e. The molecule has 0 fully saturated rings. The molecule has 0 heterocycles. The Labute approximate surface area is 114 Å². The van der Waals surface area contributed by atoms with Crippen LogP contribution in [-0.2, 0) is 11.2 Å². The van der Waals surface area contributed by atoms with Gasteiger partial charge in [-0.2, -0.15) is 13.2 Å². The first-order valence-electron chi connectivity index (χ1n) is 6.18. The molecule has 0 aliphatic heterocycles. The van der Waals surface area contributed by atoms with Crippen LogP contribution in [0.3, 0.4) is 0 Å². The zero-order valence-corrected chi connectivity index (χ0v) is 10.9. The van der Waals surface area contributed by atoms with E-state index in [1.54, 1.807) is 0 Å². The highest BCUT2D eigenvalue weighted by Gasteiger charge is 2.27. The van der Waals surface area contributed by atoms with Crippen molar-refractivity contribution in [3.8, 4) is 5.75 Å². The van der Waals surface area contributed by atoms with E-state index >= 15 is 0 Å². The highest BCUT2D eigenvalue weighted by molar-refractivity contribution is 5.34. The number of hydrogen-bond acceptors (Lipinski definition) is 3. The molecule has 0 radical (unpaired) electrons. The van der Waals surface area contributed by atoms with Crippen molar-refractivity contribution < 1.29 is 27.0 Å². The summed E-state index contributed by atoms with van der Waals surface area (Å²) in [4.78, 5) is 0. The van der Waals surface area contributed by atoms with Crippen molar-refractivity contribution in [3.63, 3.8) is 0 Å². The fourth-order valence-electron chi connectivity index (χ4n) is 1.57. The smallest absolute Gasteiger partial charge is 0.411 e. The molecule has 0 spiro atoms. The van der Waals surface area contributed by atoms with Gasteiger partial charge in [0.1, 0.15) is 18.2 Å². The maximum Gasteiger partial charge on any atom is 0.411 e. The summed E-state index contributed by atoms with van der Waals surface area (Å²) in [5.41, 5.74) is 6.05. The molecule has 0 aliphatic rings. The van der Waals surface area contributed by atoms with Gasteiger partial charge in [-0.05, 0) is 36.7 Å². The fourth-order valence-corrected chi connectivity index (χ4v) is 1.57. The van der Waals surface area contributed by atoms with Crippen molar-refractivity contribution >= 4 is 0 Å². The Balaban J connectivity index is 2.31. The second-order valence-corrected chi connectivity index (χ2v) is 4.16. The molecule has 0 amide bonds. The van der Waals surface area contributed by atoms with Gasteiger partial charge < -0.3 is 15.2 Å². The molecule has 2 N–H and O–H groups in total. The normalized spacial score (nSPS) is 11.7. The molecule has 114 valence electrons. The van der Waals surface area contributed by atoms with Gasteiger partial charge in [0.15, 0.2) is 0 Å². The summed E-state index contributed by atoms with van der Waals surface area (Å²) in [6, 6.07) is 4.08. The average molecular weight is 295 g/mol. The summed E-state index contributed by atoms with van der Waals surface area (Å²) in [5, 5.41) is 0. The van der Waals surface area contributed by atoms with Crippen LogP contribution in [0.2, 0.25) is 0 Å². The molecule has 1 aromatic rings. The van der Waals surface area contributed by atoms with Crippen molar-refractivity contribution in [1.82, 2.24) is 0 Å². The number of hydrogen-bond donors (Lipinski definition) is 1. The summed E-state index contributed by atoms with van der Waals surface area (Å²) in [7, 11) is 0. The lowest BCUT2D eigenvalue weighted by Crippen LogP contribution is -2.18. The molecule has 0 aromatic heterocycles. The van der Waals surface area contributed by atoms with Gasteiger partial charge in [-0.3, -0.25) is 0 Å². The molecule has 7 heteroatoms. The topological polar surface area (TPSA) is 44.5 Å². The summed E-state index contributed by atoms with van der Waals surface area (Å²) in [6.07, 6.45) is -3.53. The number of rotatable bonds is 8. The lowest BCUT2D eigenvalue weighted by atomic mass is 10.1. The van der Waals surface area contributed by atoms with Crippen molar-refractivity contribution in [2.24, 2.45) is 5.73 Å². The van der Waals surface area contributed by atoms with Crippen LogP contribution in [0.1, 0.15) is 12.0 Å². The Morgan fingerprint density at radius 3 is 2.55 bits per heavy atom. The van der Waals surface area contributed by atoms with Crippen LogP contribution in [0, 0.1) is 5.82 Å². The third-order valence-electron chi connectivity index (χ3n) is 2.39. The Morgan fingerprint density at radius 2 is 1.90 bits per heavy atom. The van der Waals surface area contributed by atoms with Crippen LogP contribution in [0.5, 0.6) is 5.75 Å². The first-order valence-corrected chi connectivity index (χ1v) is 6.18. The van der Waals surface area contributed by atoms with E-state index < -0.39 is 12.8 Å². The first-order chi connectivity index (χ1) is 9.42. The van der Waals surface area contributed by atoms with Crippen LogP contribution in [0.25, 0.3) is 0 Å². The van der Waals surface area contributed by atoms with Crippen LogP contribution < -0.4 is 10.5 Å². The van der Waals surface area contributed by atoms with E-state index in [0.29, 0.717) is 30.7 Å². The zero-order valence-electron chi connectivity index (χ0n) is 10.9. The lowest BCUT2D eigenvalue weighted by molar-refractivity contribution is -0.174. The number of halogens is 4. The predicted molar refractivity (Wildman–Crippen MR) is 66.1 cm³/mol. The van der Waals surface area contributed by atoms with E-state index in [-0.39, 0.29) is 19.0 Å². The van der Waals surface area contributed by atoms with Crippen molar-refractivity contribution in [2.75, 3.05) is 26.4 Å². The minimum absolute atomic E-state index is 0.0487. The molecule has 0 saturated heterocycles. The van der Waals surface area contributed by atoms with E-state index in [1.807, 2.05) is 0 Å². The SMILES string of the molecule is NCCc1cc(F)ccc1OCCCOCC(F)(F)F. The standard InChI is InChI=1S/C13H17F4NO2/c14-11-2-3-12(10(8-11)4-5-18)20-7-1-6-19-9-13(15,16)17/h2-3,8H,1,4-7,9,18H2. The van der Waals surface area contributed by atoms with E-state index in [9.17, 15) is 17.6 Å².